The molecule has 1 aliphatic heterocycles. The first-order valence-corrected chi connectivity index (χ1v) is 10.6. The first kappa shape index (κ1) is 22.6. The molecule has 2 N–H and O–H groups in total. The summed E-state index contributed by atoms with van der Waals surface area (Å²) >= 11 is 0. The summed E-state index contributed by atoms with van der Waals surface area (Å²) in [6, 6.07) is 7.37. The Morgan fingerprint density at radius 3 is 2.67 bits per heavy atom. The highest BCUT2D eigenvalue weighted by Crippen LogP contribution is 2.10. The van der Waals surface area contributed by atoms with Crippen LogP contribution >= 0.6 is 0 Å². The quantitative estimate of drug-likeness (QED) is 0.668. The first-order valence-electron chi connectivity index (χ1n) is 10.6. The van der Waals surface area contributed by atoms with Crippen molar-refractivity contribution < 1.29 is 14.6 Å². The molecule has 0 radical (unpaired) electrons. The second-order valence-electron chi connectivity index (χ2n) is 8.72. The number of piperazine rings is 1. The zero-order valence-electron chi connectivity index (χ0n) is 18.2. The number of hydrogen-bond donors (Lipinski definition) is 2. The lowest BCUT2D eigenvalue weighted by atomic mass is 10.2. The Labute approximate surface area is 178 Å². The topological polar surface area (TPSA) is 90.8 Å². The number of nitrogens with zero attached hydrogens (tertiary/aromatic N) is 4. The zero-order chi connectivity index (χ0) is 21.6. The van der Waals surface area contributed by atoms with Gasteiger partial charge in [0.05, 0.1) is 18.3 Å². The van der Waals surface area contributed by atoms with E-state index in [0.29, 0.717) is 31.0 Å². The number of hydrogen-bond acceptors (Lipinski definition) is 7. The van der Waals surface area contributed by atoms with Gasteiger partial charge in [0.15, 0.2) is 5.65 Å². The summed E-state index contributed by atoms with van der Waals surface area (Å²) in [5, 5.41) is 14.0. The van der Waals surface area contributed by atoms with Crippen LogP contribution in [0.5, 0.6) is 0 Å². The van der Waals surface area contributed by atoms with Gasteiger partial charge in [-0.3, -0.25) is 14.6 Å². The van der Waals surface area contributed by atoms with E-state index in [1.165, 1.54) is 0 Å². The molecule has 2 aromatic heterocycles. The number of rotatable bonds is 8. The molecule has 1 aliphatic rings. The van der Waals surface area contributed by atoms with Crippen LogP contribution in [0.1, 0.15) is 31.3 Å². The molecule has 2 aromatic rings. The summed E-state index contributed by atoms with van der Waals surface area (Å²) in [7, 11) is 0. The number of β-amino-alcohol motifs (C(OH)–C–C–N with tert-alkyl or cyclic N) is 1. The Balaban J connectivity index is 1.35. The lowest BCUT2D eigenvalue weighted by molar-refractivity contribution is -0.0585. The van der Waals surface area contributed by atoms with Gasteiger partial charge in [-0.05, 0) is 45.0 Å². The van der Waals surface area contributed by atoms with Crippen LogP contribution in [0.2, 0.25) is 0 Å². The van der Waals surface area contributed by atoms with Crippen molar-refractivity contribution in [3.8, 4) is 0 Å². The molecule has 0 saturated carbocycles. The molecule has 1 saturated heterocycles. The van der Waals surface area contributed by atoms with Gasteiger partial charge in [0.2, 0.25) is 0 Å². The van der Waals surface area contributed by atoms with Gasteiger partial charge >= 0.3 is 0 Å². The summed E-state index contributed by atoms with van der Waals surface area (Å²) in [4.78, 5) is 25.5. The number of aromatic nitrogens is 2. The normalized spacial score (nSPS) is 17.2. The molecule has 0 unspecified atom stereocenters. The average molecular weight is 416 g/mol. The molecular formula is C22H33N5O3. The van der Waals surface area contributed by atoms with Gasteiger partial charge in [-0.1, -0.05) is 0 Å². The van der Waals surface area contributed by atoms with Gasteiger partial charge in [0, 0.05) is 57.4 Å². The molecular weight excluding hydrogens is 382 g/mol. The van der Waals surface area contributed by atoms with E-state index >= 15 is 0 Å². The van der Waals surface area contributed by atoms with Crippen LogP contribution in [0.4, 0.5) is 0 Å². The third kappa shape index (κ3) is 6.98. The Morgan fingerprint density at radius 1 is 1.20 bits per heavy atom. The highest BCUT2D eigenvalue weighted by atomic mass is 16.5. The van der Waals surface area contributed by atoms with Crippen molar-refractivity contribution in [2.75, 3.05) is 52.4 Å². The lowest BCUT2D eigenvalue weighted by Gasteiger charge is -2.35. The van der Waals surface area contributed by atoms with Crippen LogP contribution in [0, 0.1) is 0 Å². The first-order chi connectivity index (χ1) is 14.3. The fourth-order valence-corrected chi connectivity index (χ4v) is 3.39. The van der Waals surface area contributed by atoms with Crippen molar-refractivity contribution in [2.24, 2.45) is 0 Å². The number of pyridine rings is 2. The molecule has 0 spiro atoms. The maximum atomic E-state index is 12.4. The third-order valence-corrected chi connectivity index (χ3v) is 5.05. The SMILES string of the molecule is CC(C)(C)OC[C@@H](O)CN1CCN(CCNC(=O)c2ccc3cccnc3n2)CC1. The van der Waals surface area contributed by atoms with Crippen LogP contribution < -0.4 is 5.32 Å². The maximum absolute atomic E-state index is 12.4. The monoisotopic (exact) mass is 415 g/mol. The molecule has 0 aromatic carbocycles. The molecule has 8 nitrogen and oxygen atoms in total. The van der Waals surface area contributed by atoms with Gasteiger partial charge < -0.3 is 15.2 Å². The predicted molar refractivity (Wildman–Crippen MR) is 116 cm³/mol. The van der Waals surface area contributed by atoms with E-state index in [1.54, 1.807) is 12.3 Å². The fourth-order valence-electron chi connectivity index (χ4n) is 3.39. The minimum Gasteiger partial charge on any atom is -0.389 e. The van der Waals surface area contributed by atoms with E-state index < -0.39 is 6.10 Å². The van der Waals surface area contributed by atoms with Crippen molar-refractivity contribution in [3.63, 3.8) is 0 Å². The number of ether oxygens (including phenoxy) is 1. The summed E-state index contributed by atoms with van der Waals surface area (Å²) in [5.41, 5.74) is 0.733. The van der Waals surface area contributed by atoms with E-state index in [9.17, 15) is 9.90 Å². The van der Waals surface area contributed by atoms with Crippen LogP contribution in [-0.2, 0) is 4.74 Å². The molecule has 1 amide bonds. The second kappa shape index (κ2) is 10.3. The number of carbonyl (C=O) groups excluding carboxylic acids is 1. The molecule has 3 heterocycles. The summed E-state index contributed by atoms with van der Waals surface area (Å²) in [6.45, 7) is 12.0. The van der Waals surface area contributed by atoms with Crippen molar-refractivity contribution in [3.05, 3.63) is 36.2 Å². The van der Waals surface area contributed by atoms with Crippen LogP contribution in [-0.4, -0.2) is 94.9 Å². The predicted octanol–water partition coefficient (Wildman–Crippen LogP) is 1.15. The minimum atomic E-state index is -0.473. The summed E-state index contributed by atoms with van der Waals surface area (Å²) in [6.07, 6.45) is 1.20. The number of nitrogens with one attached hydrogen (secondary N) is 1. The van der Waals surface area contributed by atoms with E-state index in [4.69, 9.17) is 4.74 Å². The van der Waals surface area contributed by atoms with Gasteiger partial charge in [-0.25, -0.2) is 9.97 Å². The molecule has 30 heavy (non-hydrogen) atoms. The zero-order valence-corrected chi connectivity index (χ0v) is 18.2. The van der Waals surface area contributed by atoms with Gasteiger partial charge in [0.1, 0.15) is 5.69 Å². The second-order valence-corrected chi connectivity index (χ2v) is 8.72. The molecule has 8 heteroatoms. The molecule has 0 bridgehead atoms. The fraction of sp³-hybridized carbons (Fsp3) is 0.591. The van der Waals surface area contributed by atoms with E-state index in [0.717, 1.165) is 38.1 Å². The van der Waals surface area contributed by atoms with Gasteiger partial charge in [-0.15, -0.1) is 0 Å². The van der Waals surface area contributed by atoms with Crippen molar-refractivity contribution >= 4 is 16.9 Å². The van der Waals surface area contributed by atoms with Crippen molar-refractivity contribution in [2.45, 2.75) is 32.5 Å². The van der Waals surface area contributed by atoms with E-state index in [1.807, 2.05) is 39.0 Å². The summed E-state index contributed by atoms with van der Waals surface area (Å²) in [5.74, 6) is -0.178. The third-order valence-electron chi connectivity index (χ3n) is 5.05. The van der Waals surface area contributed by atoms with E-state index in [-0.39, 0.29) is 11.5 Å². The van der Waals surface area contributed by atoms with E-state index in [2.05, 4.69) is 25.1 Å². The Bertz CT molecular complexity index is 831. The number of aliphatic hydroxyl groups is 1. The van der Waals surface area contributed by atoms with Crippen LogP contribution in [0.25, 0.3) is 11.0 Å². The Kier molecular flexibility index (Phi) is 7.71. The smallest absolute Gasteiger partial charge is 0.270 e. The number of fused-ring (bicyclic) bond motifs is 1. The number of carbonyl (C=O) groups is 1. The standard InChI is InChI=1S/C22H33N5O3/c1-22(2,3)30-16-18(28)15-27-13-11-26(12-14-27)10-9-24-21(29)19-7-6-17-5-4-8-23-20(17)25-19/h4-8,18,28H,9-16H2,1-3H3,(H,24,29)/t18-/m0/s1. The number of amides is 1. The highest BCUT2D eigenvalue weighted by Gasteiger charge is 2.21. The van der Waals surface area contributed by atoms with Crippen LogP contribution in [0.15, 0.2) is 30.5 Å². The number of aliphatic hydroxyl groups excluding tert-OH is 1. The van der Waals surface area contributed by atoms with Crippen molar-refractivity contribution in [1.82, 2.24) is 25.1 Å². The van der Waals surface area contributed by atoms with Gasteiger partial charge in [0.25, 0.3) is 5.91 Å². The Morgan fingerprint density at radius 2 is 1.93 bits per heavy atom. The lowest BCUT2D eigenvalue weighted by Crippen LogP contribution is -2.50. The van der Waals surface area contributed by atoms with Crippen molar-refractivity contribution in [1.29, 1.82) is 0 Å². The molecule has 1 atom stereocenters. The molecule has 0 aliphatic carbocycles. The molecule has 1 fully saturated rings. The van der Waals surface area contributed by atoms with Crippen LogP contribution in [0.3, 0.4) is 0 Å². The maximum Gasteiger partial charge on any atom is 0.270 e. The molecule has 3 rings (SSSR count). The molecule has 164 valence electrons. The highest BCUT2D eigenvalue weighted by molar-refractivity contribution is 5.94. The summed E-state index contributed by atoms with van der Waals surface area (Å²) < 4.78 is 5.65. The average Bonchev–Trinajstić information content (AvgIpc) is 2.72. The minimum absolute atomic E-state index is 0.178. The van der Waals surface area contributed by atoms with Gasteiger partial charge in [-0.2, -0.15) is 0 Å². The Hall–Kier alpha value is -2.13. The largest absolute Gasteiger partial charge is 0.389 e.